The predicted octanol–water partition coefficient (Wildman–Crippen LogP) is 2.15. The largest absolute Gasteiger partial charge is 0.393 e. The number of nitrogens with two attached hydrogens (primary N) is 1. The summed E-state index contributed by atoms with van der Waals surface area (Å²) >= 11 is 1.75. The Morgan fingerprint density at radius 2 is 2.14 bits per heavy atom. The van der Waals surface area contributed by atoms with Gasteiger partial charge in [-0.05, 0) is 49.6 Å². The molecule has 0 saturated heterocycles. The lowest BCUT2D eigenvalue weighted by molar-refractivity contribution is 0.0978. The minimum absolute atomic E-state index is 0.132. The summed E-state index contributed by atoms with van der Waals surface area (Å²) in [4.78, 5) is 1.31. The summed E-state index contributed by atoms with van der Waals surface area (Å²) < 4.78 is 0. The van der Waals surface area contributed by atoms with Crippen LogP contribution in [0.15, 0.2) is 11.4 Å². The summed E-state index contributed by atoms with van der Waals surface area (Å²) in [7, 11) is 0. The highest BCUT2D eigenvalue weighted by atomic mass is 32.1. The second-order valence-corrected chi connectivity index (χ2v) is 5.24. The molecule has 2 rings (SSSR count). The average molecular weight is 211 g/mol. The number of aliphatic hydroxyl groups is 1. The second kappa shape index (κ2) is 3.65. The normalized spacial score (nSPS) is 33.2. The average Bonchev–Trinajstić information content (AvgIpc) is 2.58. The van der Waals surface area contributed by atoms with Crippen LogP contribution in [0, 0.1) is 6.92 Å². The van der Waals surface area contributed by atoms with Gasteiger partial charge in [-0.2, -0.15) is 0 Å². The molecule has 0 unspecified atom stereocenters. The molecule has 0 aliphatic heterocycles. The van der Waals surface area contributed by atoms with Gasteiger partial charge in [0.15, 0.2) is 0 Å². The Balaban J connectivity index is 2.21. The van der Waals surface area contributed by atoms with Crippen LogP contribution in [0.5, 0.6) is 0 Å². The van der Waals surface area contributed by atoms with Gasteiger partial charge in [-0.3, -0.25) is 0 Å². The Bertz CT molecular complexity index is 313. The molecule has 1 aliphatic carbocycles. The van der Waals surface area contributed by atoms with E-state index >= 15 is 0 Å². The van der Waals surface area contributed by atoms with Crippen molar-refractivity contribution in [1.82, 2.24) is 0 Å². The van der Waals surface area contributed by atoms with Crippen LogP contribution in [-0.2, 0) is 5.54 Å². The van der Waals surface area contributed by atoms with E-state index in [4.69, 9.17) is 5.73 Å². The Hall–Kier alpha value is -0.380. The molecule has 0 radical (unpaired) electrons. The first-order valence-corrected chi connectivity index (χ1v) is 6.01. The SMILES string of the molecule is Cc1ccsc1C1(N)CCC(O)CC1. The molecule has 14 heavy (non-hydrogen) atoms. The molecule has 1 aromatic rings. The van der Waals surface area contributed by atoms with E-state index in [0.717, 1.165) is 25.7 Å². The summed E-state index contributed by atoms with van der Waals surface area (Å²) in [6, 6.07) is 2.12. The Morgan fingerprint density at radius 1 is 1.50 bits per heavy atom. The lowest BCUT2D eigenvalue weighted by atomic mass is 9.79. The van der Waals surface area contributed by atoms with E-state index in [2.05, 4.69) is 18.4 Å². The highest BCUT2D eigenvalue weighted by Gasteiger charge is 2.34. The van der Waals surface area contributed by atoms with Crippen molar-refractivity contribution in [3.63, 3.8) is 0 Å². The van der Waals surface area contributed by atoms with Crippen LogP contribution in [-0.4, -0.2) is 11.2 Å². The molecule has 1 fully saturated rings. The Kier molecular flexibility index (Phi) is 2.64. The fourth-order valence-electron chi connectivity index (χ4n) is 2.23. The molecule has 3 heteroatoms. The van der Waals surface area contributed by atoms with Crippen LogP contribution in [0.25, 0.3) is 0 Å². The third-order valence-corrected chi connectivity index (χ3v) is 4.40. The first-order chi connectivity index (χ1) is 6.62. The zero-order valence-corrected chi connectivity index (χ0v) is 9.31. The van der Waals surface area contributed by atoms with Gasteiger partial charge >= 0.3 is 0 Å². The first kappa shape index (κ1) is 10.1. The van der Waals surface area contributed by atoms with Crippen molar-refractivity contribution in [3.8, 4) is 0 Å². The van der Waals surface area contributed by atoms with E-state index in [0.29, 0.717) is 0 Å². The molecule has 0 aromatic carbocycles. The summed E-state index contributed by atoms with van der Waals surface area (Å²) in [5.74, 6) is 0. The number of hydrogen-bond acceptors (Lipinski definition) is 3. The van der Waals surface area contributed by atoms with Crippen LogP contribution < -0.4 is 5.73 Å². The summed E-state index contributed by atoms with van der Waals surface area (Å²) in [6.45, 7) is 2.12. The summed E-state index contributed by atoms with van der Waals surface area (Å²) in [5.41, 5.74) is 7.52. The Morgan fingerprint density at radius 3 is 2.64 bits per heavy atom. The molecule has 1 heterocycles. The molecule has 1 aliphatic rings. The maximum Gasteiger partial charge on any atom is 0.0541 e. The van der Waals surface area contributed by atoms with Crippen LogP contribution >= 0.6 is 11.3 Å². The molecular formula is C11H17NOS. The third kappa shape index (κ3) is 1.72. The van der Waals surface area contributed by atoms with Crippen molar-refractivity contribution < 1.29 is 5.11 Å². The minimum Gasteiger partial charge on any atom is -0.393 e. The zero-order valence-electron chi connectivity index (χ0n) is 8.49. The molecule has 0 amide bonds. The van der Waals surface area contributed by atoms with Crippen molar-refractivity contribution in [2.45, 2.75) is 44.2 Å². The summed E-state index contributed by atoms with van der Waals surface area (Å²) in [5, 5.41) is 11.6. The molecule has 1 saturated carbocycles. The van der Waals surface area contributed by atoms with Gasteiger partial charge in [0.25, 0.3) is 0 Å². The van der Waals surface area contributed by atoms with Gasteiger partial charge in [0.1, 0.15) is 0 Å². The van der Waals surface area contributed by atoms with Crippen molar-refractivity contribution >= 4 is 11.3 Å². The second-order valence-electron chi connectivity index (χ2n) is 4.32. The standard InChI is InChI=1S/C11H17NOS/c1-8-4-7-14-10(8)11(12)5-2-9(13)3-6-11/h4,7,9,13H,2-3,5-6,12H2,1H3. The van der Waals surface area contributed by atoms with E-state index in [1.165, 1.54) is 10.4 Å². The van der Waals surface area contributed by atoms with Gasteiger partial charge in [0, 0.05) is 4.88 Å². The quantitative estimate of drug-likeness (QED) is 0.747. The zero-order chi connectivity index (χ0) is 10.2. The smallest absolute Gasteiger partial charge is 0.0541 e. The lowest BCUT2D eigenvalue weighted by Gasteiger charge is -2.35. The Labute approximate surface area is 88.8 Å². The highest BCUT2D eigenvalue weighted by Crippen LogP contribution is 2.38. The van der Waals surface area contributed by atoms with Crippen molar-refractivity contribution in [3.05, 3.63) is 21.9 Å². The van der Waals surface area contributed by atoms with Crippen LogP contribution in [0.3, 0.4) is 0 Å². The molecule has 2 nitrogen and oxygen atoms in total. The third-order valence-electron chi connectivity index (χ3n) is 3.16. The maximum atomic E-state index is 9.46. The van der Waals surface area contributed by atoms with Gasteiger partial charge in [-0.1, -0.05) is 0 Å². The summed E-state index contributed by atoms with van der Waals surface area (Å²) in [6.07, 6.45) is 3.37. The number of thiophene rings is 1. The molecule has 0 atom stereocenters. The van der Waals surface area contributed by atoms with Crippen molar-refractivity contribution in [1.29, 1.82) is 0 Å². The van der Waals surface area contributed by atoms with Gasteiger partial charge < -0.3 is 10.8 Å². The fourth-order valence-corrected chi connectivity index (χ4v) is 3.33. The maximum absolute atomic E-state index is 9.46. The number of rotatable bonds is 1. The first-order valence-electron chi connectivity index (χ1n) is 5.13. The van der Waals surface area contributed by atoms with Crippen LogP contribution in [0.1, 0.15) is 36.1 Å². The van der Waals surface area contributed by atoms with E-state index in [1.54, 1.807) is 11.3 Å². The van der Waals surface area contributed by atoms with Gasteiger partial charge in [-0.25, -0.2) is 0 Å². The molecule has 1 aromatic heterocycles. The van der Waals surface area contributed by atoms with E-state index in [9.17, 15) is 5.11 Å². The predicted molar refractivity (Wildman–Crippen MR) is 59.4 cm³/mol. The van der Waals surface area contributed by atoms with Crippen LogP contribution in [0.2, 0.25) is 0 Å². The van der Waals surface area contributed by atoms with Gasteiger partial charge in [0.2, 0.25) is 0 Å². The van der Waals surface area contributed by atoms with Crippen molar-refractivity contribution in [2.24, 2.45) is 5.73 Å². The monoisotopic (exact) mass is 211 g/mol. The van der Waals surface area contributed by atoms with Gasteiger partial charge in [0.05, 0.1) is 11.6 Å². The fraction of sp³-hybridized carbons (Fsp3) is 0.636. The number of aryl methyl sites for hydroxylation is 1. The molecular weight excluding hydrogens is 194 g/mol. The minimum atomic E-state index is -0.169. The van der Waals surface area contributed by atoms with Gasteiger partial charge in [-0.15, -0.1) is 11.3 Å². The van der Waals surface area contributed by atoms with E-state index in [-0.39, 0.29) is 11.6 Å². The van der Waals surface area contributed by atoms with Crippen LogP contribution in [0.4, 0.5) is 0 Å². The topological polar surface area (TPSA) is 46.2 Å². The highest BCUT2D eigenvalue weighted by molar-refractivity contribution is 7.10. The number of hydrogen-bond donors (Lipinski definition) is 2. The molecule has 78 valence electrons. The van der Waals surface area contributed by atoms with Crippen molar-refractivity contribution in [2.75, 3.05) is 0 Å². The van der Waals surface area contributed by atoms with E-state index in [1.807, 2.05) is 0 Å². The lowest BCUT2D eigenvalue weighted by Crippen LogP contribution is -2.41. The molecule has 0 bridgehead atoms. The number of aliphatic hydroxyl groups excluding tert-OH is 1. The van der Waals surface area contributed by atoms with E-state index < -0.39 is 0 Å². The molecule has 3 N–H and O–H groups in total. The molecule has 0 spiro atoms.